The monoisotopic (exact) mass is 293 g/mol. The summed E-state index contributed by atoms with van der Waals surface area (Å²) in [7, 11) is 3.71. The first kappa shape index (κ1) is 14.3. The standard InChI is InChI=1S/C19H19NO2/c1-20-17(13-16-5-3-4-6-19(16)20)14-22-18-9-7-15(8-10-18)11-12-21-2/h3-13H,14H2,1-2H3. The normalized spacial score (nSPS) is 11.2. The number of methoxy groups -OCH3 is 1. The first-order valence-corrected chi connectivity index (χ1v) is 7.23. The molecule has 0 saturated carbocycles. The number of hydrogen-bond acceptors (Lipinski definition) is 2. The van der Waals surface area contributed by atoms with Crippen molar-refractivity contribution in [1.29, 1.82) is 0 Å². The van der Waals surface area contributed by atoms with Gasteiger partial charge in [0, 0.05) is 12.6 Å². The van der Waals surface area contributed by atoms with Crippen LogP contribution in [0.25, 0.3) is 17.0 Å². The molecule has 112 valence electrons. The Bertz CT molecular complexity index is 785. The number of aryl methyl sites for hydroxylation is 1. The van der Waals surface area contributed by atoms with Crippen molar-refractivity contribution in [3.8, 4) is 5.75 Å². The lowest BCUT2D eigenvalue weighted by Gasteiger charge is -2.08. The highest BCUT2D eigenvalue weighted by Gasteiger charge is 2.05. The number of aromatic nitrogens is 1. The summed E-state index contributed by atoms with van der Waals surface area (Å²) in [5.74, 6) is 0.861. The first-order chi connectivity index (χ1) is 10.8. The van der Waals surface area contributed by atoms with Crippen molar-refractivity contribution in [3.63, 3.8) is 0 Å². The maximum atomic E-state index is 5.89. The third-order valence-electron chi connectivity index (χ3n) is 3.71. The van der Waals surface area contributed by atoms with Crippen molar-refractivity contribution < 1.29 is 9.47 Å². The zero-order valence-electron chi connectivity index (χ0n) is 12.8. The predicted molar refractivity (Wildman–Crippen MR) is 89.7 cm³/mol. The van der Waals surface area contributed by atoms with Crippen LogP contribution in [-0.2, 0) is 18.4 Å². The minimum absolute atomic E-state index is 0.554. The highest BCUT2D eigenvalue weighted by Crippen LogP contribution is 2.20. The Morgan fingerprint density at radius 3 is 2.55 bits per heavy atom. The number of benzene rings is 2. The third kappa shape index (κ3) is 2.98. The van der Waals surface area contributed by atoms with E-state index in [4.69, 9.17) is 9.47 Å². The molecular weight excluding hydrogens is 274 g/mol. The number of para-hydroxylation sites is 1. The SMILES string of the molecule is COC=Cc1ccc(OCc2cc3ccccc3n2C)cc1. The van der Waals surface area contributed by atoms with Crippen molar-refractivity contribution >= 4 is 17.0 Å². The summed E-state index contributed by atoms with van der Waals surface area (Å²) in [6.07, 6.45) is 3.57. The Hall–Kier alpha value is -2.68. The van der Waals surface area contributed by atoms with Gasteiger partial charge in [-0.1, -0.05) is 30.3 Å². The maximum Gasteiger partial charge on any atom is 0.128 e. The van der Waals surface area contributed by atoms with E-state index < -0.39 is 0 Å². The molecule has 0 bridgehead atoms. The molecule has 0 N–H and O–H groups in total. The van der Waals surface area contributed by atoms with Crippen LogP contribution in [0.15, 0.2) is 60.9 Å². The second kappa shape index (κ2) is 6.39. The van der Waals surface area contributed by atoms with Gasteiger partial charge in [-0.05, 0) is 41.3 Å². The van der Waals surface area contributed by atoms with Crippen molar-refractivity contribution in [1.82, 2.24) is 4.57 Å². The van der Waals surface area contributed by atoms with E-state index >= 15 is 0 Å². The van der Waals surface area contributed by atoms with Gasteiger partial charge in [0.15, 0.2) is 0 Å². The van der Waals surface area contributed by atoms with Crippen LogP contribution in [0.4, 0.5) is 0 Å². The van der Waals surface area contributed by atoms with E-state index in [2.05, 4.69) is 41.9 Å². The molecule has 0 aliphatic heterocycles. The topological polar surface area (TPSA) is 23.4 Å². The van der Waals surface area contributed by atoms with Gasteiger partial charge in [-0.3, -0.25) is 0 Å². The van der Waals surface area contributed by atoms with Gasteiger partial charge in [-0.25, -0.2) is 0 Å². The fourth-order valence-corrected chi connectivity index (χ4v) is 2.46. The average molecular weight is 293 g/mol. The Morgan fingerprint density at radius 2 is 1.82 bits per heavy atom. The fourth-order valence-electron chi connectivity index (χ4n) is 2.46. The summed E-state index contributed by atoms with van der Waals surface area (Å²) in [4.78, 5) is 0. The van der Waals surface area contributed by atoms with Gasteiger partial charge in [-0.2, -0.15) is 0 Å². The van der Waals surface area contributed by atoms with E-state index in [1.165, 1.54) is 10.9 Å². The molecule has 0 aliphatic rings. The molecule has 3 aromatic rings. The van der Waals surface area contributed by atoms with E-state index in [0.29, 0.717) is 6.61 Å². The predicted octanol–water partition coefficient (Wildman–Crippen LogP) is 4.37. The molecule has 0 aliphatic carbocycles. The van der Waals surface area contributed by atoms with Crippen LogP contribution in [0, 0.1) is 0 Å². The Balaban J connectivity index is 1.71. The minimum Gasteiger partial charge on any atom is -0.504 e. The third-order valence-corrected chi connectivity index (χ3v) is 3.71. The smallest absolute Gasteiger partial charge is 0.128 e. The zero-order chi connectivity index (χ0) is 15.4. The largest absolute Gasteiger partial charge is 0.504 e. The summed E-state index contributed by atoms with van der Waals surface area (Å²) in [5, 5.41) is 1.24. The summed E-state index contributed by atoms with van der Waals surface area (Å²) < 4.78 is 13.0. The quantitative estimate of drug-likeness (QED) is 0.652. The van der Waals surface area contributed by atoms with Crippen molar-refractivity contribution in [2.45, 2.75) is 6.61 Å². The second-order valence-corrected chi connectivity index (χ2v) is 5.15. The molecule has 3 heteroatoms. The molecule has 0 spiro atoms. The van der Waals surface area contributed by atoms with Gasteiger partial charge >= 0.3 is 0 Å². The van der Waals surface area contributed by atoms with Crippen molar-refractivity contribution in [3.05, 3.63) is 72.1 Å². The first-order valence-electron chi connectivity index (χ1n) is 7.23. The number of hydrogen-bond donors (Lipinski definition) is 0. The molecule has 22 heavy (non-hydrogen) atoms. The highest BCUT2D eigenvalue weighted by atomic mass is 16.5. The summed E-state index contributed by atoms with van der Waals surface area (Å²) in [6.45, 7) is 0.554. The van der Waals surface area contributed by atoms with Crippen molar-refractivity contribution in [2.75, 3.05) is 7.11 Å². The van der Waals surface area contributed by atoms with Crippen LogP contribution < -0.4 is 4.74 Å². The molecule has 1 aromatic heterocycles. The Labute approximate surface area is 130 Å². The van der Waals surface area contributed by atoms with E-state index in [1.807, 2.05) is 30.3 Å². The van der Waals surface area contributed by atoms with Gasteiger partial charge in [0.05, 0.1) is 19.1 Å². The molecule has 0 unspecified atom stereocenters. The molecular formula is C19H19NO2. The lowest BCUT2D eigenvalue weighted by atomic mass is 10.2. The second-order valence-electron chi connectivity index (χ2n) is 5.15. The van der Waals surface area contributed by atoms with E-state index in [-0.39, 0.29) is 0 Å². The molecule has 3 rings (SSSR count). The van der Waals surface area contributed by atoms with Gasteiger partial charge in [0.25, 0.3) is 0 Å². The zero-order valence-corrected chi connectivity index (χ0v) is 12.8. The van der Waals surface area contributed by atoms with Crippen LogP contribution in [0.3, 0.4) is 0 Å². The molecule has 1 heterocycles. The number of fused-ring (bicyclic) bond motifs is 1. The molecule has 0 amide bonds. The Morgan fingerprint density at radius 1 is 1.05 bits per heavy atom. The van der Waals surface area contributed by atoms with Crippen LogP contribution in [-0.4, -0.2) is 11.7 Å². The maximum absolute atomic E-state index is 5.89. The number of rotatable bonds is 5. The molecule has 0 radical (unpaired) electrons. The lowest BCUT2D eigenvalue weighted by molar-refractivity contribution is 0.297. The Kier molecular flexibility index (Phi) is 4.15. The highest BCUT2D eigenvalue weighted by molar-refractivity contribution is 5.81. The van der Waals surface area contributed by atoms with Crippen molar-refractivity contribution in [2.24, 2.45) is 7.05 Å². The van der Waals surface area contributed by atoms with Gasteiger partial charge < -0.3 is 14.0 Å². The molecule has 0 atom stereocenters. The van der Waals surface area contributed by atoms with Gasteiger partial charge in [-0.15, -0.1) is 0 Å². The van der Waals surface area contributed by atoms with Gasteiger partial charge in [0.1, 0.15) is 12.4 Å². The summed E-state index contributed by atoms with van der Waals surface area (Å²) in [6, 6.07) is 18.5. The number of ether oxygens (including phenoxy) is 2. The van der Waals surface area contributed by atoms with E-state index in [1.54, 1.807) is 13.4 Å². The summed E-state index contributed by atoms with van der Waals surface area (Å²) >= 11 is 0. The fraction of sp³-hybridized carbons (Fsp3) is 0.158. The molecule has 2 aromatic carbocycles. The molecule has 0 saturated heterocycles. The number of nitrogens with zero attached hydrogens (tertiary/aromatic N) is 1. The van der Waals surface area contributed by atoms with Crippen LogP contribution in [0.5, 0.6) is 5.75 Å². The van der Waals surface area contributed by atoms with E-state index in [0.717, 1.165) is 17.0 Å². The molecule has 0 fully saturated rings. The summed E-state index contributed by atoms with van der Waals surface area (Å²) in [5.41, 5.74) is 3.46. The van der Waals surface area contributed by atoms with Crippen LogP contribution in [0.2, 0.25) is 0 Å². The lowest BCUT2D eigenvalue weighted by Crippen LogP contribution is -2.01. The average Bonchev–Trinajstić information content (AvgIpc) is 2.88. The van der Waals surface area contributed by atoms with E-state index in [9.17, 15) is 0 Å². The van der Waals surface area contributed by atoms with Crippen LogP contribution in [0.1, 0.15) is 11.3 Å². The van der Waals surface area contributed by atoms with Crippen LogP contribution >= 0.6 is 0 Å². The van der Waals surface area contributed by atoms with Gasteiger partial charge in [0.2, 0.25) is 0 Å². The molecule has 3 nitrogen and oxygen atoms in total. The minimum atomic E-state index is 0.554.